The Bertz CT molecular complexity index is 646. The van der Waals surface area contributed by atoms with Gasteiger partial charge in [-0.2, -0.15) is 0 Å². The SMILES string of the molecule is COC(=O)c1cc(CC2N3C4CCC23CC(O)C4)cc(OC)c1. The zero-order valence-corrected chi connectivity index (χ0v) is 13.6. The highest BCUT2D eigenvalue weighted by molar-refractivity contribution is 5.90. The van der Waals surface area contributed by atoms with Gasteiger partial charge in [-0.25, -0.2) is 4.79 Å². The van der Waals surface area contributed by atoms with E-state index >= 15 is 0 Å². The molecule has 3 aliphatic rings. The van der Waals surface area contributed by atoms with E-state index in [2.05, 4.69) is 4.90 Å². The first kappa shape index (κ1) is 15.0. The Hall–Kier alpha value is -1.59. The van der Waals surface area contributed by atoms with E-state index in [1.165, 1.54) is 20.0 Å². The van der Waals surface area contributed by atoms with E-state index in [-0.39, 0.29) is 17.6 Å². The predicted molar refractivity (Wildman–Crippen MR) is 84.7 cm³/mol. The van der Waals surface area contributed by atoms with E-state index in [1.54, 1.807) is 13.2 Å². The van der Waals surface area contributed by atoms with Gasteiger partial charge in [0.05, 0.1) is 25.9 Å². The summed E-state index contributed by atoms with van der Waals surface area (Å²) >= 11 is 0. The van der Waals surface area contributed by atoms with Crippen molar-refractivity contribution >= 4 is 5.97 Å². The number of ether oxygens (including phenoxy) is 2. The second-order valence-electron chi connectivity index (χ2n) is 7.08. The number of benzene rings is 1. The molecule has 3 aliphatic heterocycles. The van der Waals surface area contributed by atoms with Gasteiger partial charge in [0.1, 0.15) is 5.75 Å². The molecule has 5 heteroatoms. The van der Waals surface area contributed by atoms with Gasteiger partial charge in [-0.3, -0.25) is 4.90 Å². The van der Waals surface area contributed by atoms with Crippen molar-refractivity contribution in [2.45, 2.75) is 55.8 Å². The summed E-state index contributed by atoms with van der Waals surface area (Å²) in [5.74, 6) is 0.345. The Morgan fingerprint density at radius 3 is 2.96 bits per heavy atom. The molecule has 5 unspecified atom stereocenters. The van der Waals surface area contributed by atoms with Crippen LogP contribution in [0.25, 0.3) is 0 Å². The zero-order chi connectivity index (χ0) is 16.2. The minimum absolute atomic E-state index is 0.153. The molecular formula is C18H23NO4. The molecule has 5 nitrogen and oxygen atoms in total. The van der Waals surface area contributed by atoms with Crippen molar-refractivity contribution in [2.24, 2.45) is 0 Å². The fourth-order valence-electron chi connectivity index (χ4n) is 4.96. The summed E-state index contributed by atoms with van der Waals surface area (Å²) in [5, 5.41) is 10.1. The van der Waals surface area contributed by atoms with Crippen molar-refractivity contribution in [3.63, 3.8) is 0 Å². The van der Waals surface area contributed by atoms with Gasteiger partial charge in [0.2, 0.25) is 0 Å². The number of hydrogen-bond donors (Lipinski definition) is 1. The molecule has 124 valence electrons. The smallest absolute Gasteiger partial charge is 0.337 e. The van der Waals surface area contributed by atoms with Crippen LogP contribution in [0.2, 0.25) is 0 Å². The van der Waals surface area contributed by atoms with Crippen molar-refractivity contribution < 1.29 is 19.4 Å². The first-order valence-electron chi connectivity index (χ1n) is 8.30. The molecule has 0 spiro atoms. The Labute approximate surface area is 136 Å². The number of carbonyl (C=O) groups excluding carboxylic acids is 1. The third-order valence-corrected chi connectivity index (χ3v) is 5.89. The standard InChI is InChI=1S/C18H23NO4/c1-22-15-6-11(5-12(8-15)17(21)23-2)7-16-18-4-3-13(19(16)18)9-14(20)10-18/h5-6,8,13-14,16,20H,3-4,7,9-10H2,1-2H3. The predicted octanol–water partition coefficient (Wildman–Crippen LogP) is 1.76. The summed E-state index contributed by atoms with van der Waals surface area (Å²) in [6.07, 6.45) is 4.93. The van der Waals surface area contributed by atoms with E-state index in [9.17, 15) is 9.90 Å². The van der Waals surface area contributed by atoms with E-state index in [4.69, 9.17) is 9.47 Å². The number of esters is 1. The van der Waals surface area contributed by atoms with E-state index in [1.807, 2.05) is 12.1 Å². The molecule has 4 rings (SSSR count). The van der Waals surface area contributed by atoms with Crippen molar-refractivity contribution in [3.05, 3.63) is 29.3 Å². The maximum atomic E-state index is 11.8. The summed E-state index contributed by atoms with van der Waals surface area (Å²) in [4.78, 5) is 14.4. The molecule has 5 atom stereocenters. The second kappa shape index (κ2) is 5.21. The fourth-order valence-corrected chi connectivity index (χ4v) is 4.96. The zero-order valence-electron chi connectivity index (χ0n) is 13.6. The monoisotopic (exact) mass is 317 g/mol. The molecule has 3 saturated heterocycles. The topological polar surface area (TPSA) is 58.8 Å². The van der Waals surface area contributed by atoms with Gasteiger partial charge >= 0.3 is 5.97 Å². The summed E-state index contributed by atoms with van der Waals surface area (Å²) in [6, 6.07) is 6.63. The minimum Gasteiger partial charge on any atom is -0.497 e. The van der Waals surface area contributed by atoms with Crippen LogP contribution in [-0.2, 0) is 11.2 Å². The maximum Gasteiger partial charge on any atom is 0.337 e. The lowest BCUT2D eigenvalue weighted by Crippen LogP contribution is -2.31. The first-order valence-corrected chi connectivity index (χ1v) is 8.30. The van der Waals surface area contributed by atoms with Crippen LogP contribution >= 0.6 is 0 Å². The number of carbonyl (C=O) groups is 1. The molecule has 0 aliphatic carbocycles. The highest BCUT2D eigenvalue weighted by Gasteiger charge is 2.70. The van der Waals surface area contributed by atoms with Crippen LogP contribution in [0.15, 0.2) is 18.2 Å². The lowest BCUT2D eigenvalue weighted by Gasteiger charge is -2.23. The number of rotatable bonds is 4. The largest absolute Gasteiger partial charge is 0.497 e. The highest BCUT2D eigenvalue weighted by atomic mass is 16.5. The normalized spacial score (nSPS) is 37.2. The van der Waals surface area contributed by atoms with Gasteiger partial charge < -0.3 is 14.6 Å². The number of piperidine rings is 2. The van der Waals surface area contributed by atoms with Crippen LogP contribution in [0, 0.1) is 0 Å². The molecule has 0 radical (unpaired) electrons. The molecule has 1 aromatic carbocycles. The van der Waals surface area contributed by atoms with Gasteiger partial charge in [-0.1, -0.05) is 0 Å². The Balaban J connectivity index is 1.57. The summed E-state index contributed by atoms with van der Waals surface area (Å²) in [7, 11) is 3.00. The van der Waals surface area contributed by atoms with Crippen molar-refractivity contribution in [3.8, 4) is 5.75 Å². The molecular weight excluding hydrogens is 294 g/mol. The number of aliphatic hydroxyl groups excluding tert-OH is 1. The lowest BCUT2D eigenvalue weighted by atomic mass is 9.91. The molecule has 2 bridgehead atoms. The Morgan fingerprint density at radius 2 is 2.22 bits per heavy atom. The minimum atomic E-state index is -0.339. The van der Waals surface area contributed by atoms with Crippen LogP contribution in [0.4, 0.5) is 0 Å². The first-order chi connectivity index (χ1) is 11.1. The van der Waals surface area contributed by atoms with Gasteiger partial charge in [0, 0.05) is 17.6 Å². The van der Waals surface area contributed by atoms with E-state index < -0.39 is 0 Å². The number of aliphatic hydroxyl groups is 1. The second-order valence-corrected chi connectivity index (χ2v) is 7.08. The van der Waals surface area contributed by atoms with Gasteiger partial charge in [-0.15, -0.1) is 0 Å². The lowest BCUT2D eigenvalue weighted by molar-refractivity contribution is 0.0600. The van der Waals surface area contributed by atoms with Gasteiger partial charge in [0.25, 0.3) is 0 Å². The van der Waals surface area contributed by atoms with Gasteiger partial charge in [-0.05, 0) is 55.9 Å². The Morgan fingerprint density at radius 1 is 1.39 bits per heavy atom. The molecule has 0 amide bonds. The van der Waals surface area contributed by atoms with Crippen LogP contribution in [0.5, 0.6) is 5.75 Å². The molecule has 23 heavy (non-hydrogen) atoms. The van der Waals surface area contributed by atoms with Crippen molar-refractivity contribution in [1.29, 1.82) is 0 Å². The fraction of sp³-hybridized carbons (Fsp3) is 0.611. The third-order valence-electron chi connectivity index (χ3n) is 5.89. The number of methoxy groups -OCH3 is 2. The quantitative estimate of drug-likeness (QED) is 0.677. The van der Waals surface area contributed by atoms with Crippen molar-refractivity contribution in [1.82, 2.24) is 4.90 Å². The average Bonchev–Trinajstić information content (AvgIpc) is 3.09. The van der Waals surface area contributed by atoms with E-state index in [0.29, 0.717) is 23.4 Å². The van der Waals surface area contributed by atoms with Gasteiger partial charge in [0.15, 0.2) is 0 Å². The van der Waals surface area contributed by atoms with Crippen LogP contribution in [-0.4, -0.2) is 53.9 Å². The number of hydrogen-bond acceptors (Lipinski definition) is 5. The Kier molecular flexibility index (Phi) is 3.39. The van der Waals surface area contributed by atoms with E-state index in [0.717, 1.165) is 24.8 Å². The third kappa shape index (κ3) is 2.25. The molecule has 3 fully saturated rings. The molecule has 1 aromatic rings. The molecule has 0 saturated carbocycles. The van der Waals surface area contributed by atoms with Crippen LogP contribution in [0.3, 0.4) is 0 Å². The summed E-state index contributed by atoms with van der Waals surface area (Å²) in [5.41, 5.74) is 1.83. The molecule has 1 N–H and O–H groups in total. The highest BCUT2D eigenvalue weighted by Crippen LogP contribution is 2.60. The average molecular weight is 317 g/mol. The van der Waals surface area contributed by atoms with Crippen LogP contribution in [0.1, 0.15) is 41.6 Å². The van der Waals surface area contributed by atoms with Crippen molar-refractivity contribution in [2.75, 3.05) is 14.2 Å². The number of nitrogens with zero attached hydrogens (tertiary/aromatic N) is 1. The maximum absolute atomic E-state index is 11.8. The summed E-state index contributed by atoms with van der Waals surface area (Å²) in [6.45, 7) is 0. The summed E-state index contributed by atoms with van der Waals surface area (Å²) < 4.78 is 10.2. The molecule has 0 aromatic heterocycles. The molecule has 3 heterocycles. The van der Waals surface area contributed by atoms with Crippen LogP contribution < -0.4 is 4.74 Å².